The molecule has 4 heterocycles. The standard InChI is InChI=1S/C59H51ClF9N10O14PS/c1-25-13-28(19-42(80)72-38(56(86)87)22-45(83)84)48(40(14-25)93-94(88,89)90)57(2,3)23-44(82)79(95(5,91)92)54-47-34(60)11-12-39(50(47)76(4)75-54)78-53(73-36-18-27(9-10-31(36)55(78)85)35-7-6-8-41(70-35)59(67,68)69)37(17-26-15-29(61)20-30(62)16-26)71-43(81)24-77-51-46(49(74-77)52(63)64)32-21-33(32)58(51,65)66/h6-16,18,20,32-33,37-38,52H,17,19,21-24H2,1-5H3,(H,71,81)(H,72,80)(H,83,84)(H,86,87)(H2,88,89,90)/t32-,33+,37-,38-/m0/s1. The minimum absolute atomic E-state index is 0.0799. The van der Waals surface area contributed by atoms with Crippen LogP contribution in [0.2, 0.25) is 5.02 Å². The van der Waals surface area contributed by atoms with E-state index in [1.807, 2.05) is 5.32 Å². The Hall–Kier alpha value is -9.24. The number of nitrogens with zero attached hydrogens (tertiary/aromatic N) is 8. The second kappa shape index (κ2) is 24.8. The maximum Gasteiger partial charge on any atom is 0.524 e. The lowest BCUT2D eigenvalue weighted by Crippen LogP contribution is -2.43. The molecule has 24 nitrogen and oxygen atoms in total. The number of nitrogens with one attached hydrogen (secondary N) is 2. The average Bonchev–Trinajstić information content (AvgIpc) is 1.53. The molecule has 0 bridgehead atoms. The van der Waals surface area contributed by atoms with Crippen molar-refractivity contribution in [1.82, 2.24) is 44.7 Å². The minimum Gasteiger partial charge on any atom is -0.481 e. The molecule has 0 aliphatic heterocycles. The monoisotopic (exact) mass is 1390 g/mol. The van der Waals surface area contributed by atoms with E-state index in [1.165, 1.54) is 46.0 Å². The second-order valence-corrected chi connectivity index (χ2v) is 26.8. The Labute approximate surface area is 534 Å². The molecule has 4 aromatic carbocycles. The lowest BCUT2D eigenvalue weighted by atomic mass is 9.77. The Morgan fingerprint density at radius 3 is 2.23 bits per heavy atom. The van der Waals surface area contributed by atoms with Crippen molar-refractivity contribution in [2.45, 2.75) is 101 Å². The lowest BCUT2D eigenvalue weighted by Gasteiger charge is -2.31. The highest BCUT2D eigenvalue weighted by molar-refractivity contribution is 7.92. The summed E-state index contributed by atoms with van der Waals surface area (Å²) in [7, 11) is -9.32. The van der Waals surface area contributed by atoms with Crippen LogP contribution in [0.3, 0.4) is 0 Å². The molecular formula is C59H51ClF9N10O14PS. The van der Waals surface area contributed by atoms with E-state index < -0.39 is 201 Å². The summed E-state index contributed by atoms with van der Waals surface area (Å²) in [4.78, 5) is 111. The number of anilines is 1. The van der Waals surface area contributed by atoms with Gasteiger partial charge < -0.3 is 25.4 Å². The fourth-order valence-corrected chi connectivity index (χ4v) is 13.6. The summed E-state index contributed by atoms with van der Waals surface area (Å²) in [5.41, 5.74) is -8.82. The highest BCUT2D eigenvalue weighted by atomic mass is 35.5. The predicted molar refractivity (Wildman–Crippen MR) is 317 cm³/mol. The van der Waals surface area contributed by atoms with Crippen molar-refractivity contribution in [1.29, 1.82) is 0 Å². The number of halogens is 10. The number of aromatic nitrogens is 7. The molecule has 1 fully saturated rings. The summed E-state index contributed by atoms with van der Waals surface area (Å²) < 4.78 is 181. The number of aliphatic carboxylic acids is 2. The third-order valence-corrected chi connectivity index (χ3v) is 17.6. The van der Waals surface area contributed by atoms with Gasteiger partial charge in [-0.15, -0.1) is 0 Å². The van der Waals surface area contributed by atoms with E-state index in [0.29, 0.717) is 23.1 Å². The summed E-state index contributed by atoms with van der Waals surface area (Å²) >= 11 is 6.94. The molecule has 10 rings (SSSR count). The number of hydrogen-bond donors (Lipinski definition) is 6. The highest BCUT2D eigenvalue weighted by Crippen LogP contribution is 2.68. The molecule has 2 aliphatic carbocycles. The van der Waals surface area contributed by atoms with Crippen molar-refractivity contribution in [3.05, 3.63) is 157 Å². The van der Waals surface area contributed by atoms with Gasteiger partial charge in [-0.25, -0.2) is 45.3 Å². The molecule has 502 valence electrons. The third-order valence-electron chi connectivity index (χ3n) is 15.8. The molecule has 2 aliphatic rings. The molecule has 0 saturated heterocycles. The van der Waals surface area contributed by atoms with Crippen LogP contribution in [0.1, 0.15) is 102 Å². The fourth-order valence-electron chi connectivity index (χ4n) is 12.1. The number of phosphoric acid groups is 1. The first-order valence-electron chi connectivity index (χ1n) is 28.1. The van der Waals surface area contributed by atoms with Crippen molar-refractivity contribution in [3.8, 4) is 22.7 Å². The molecule has 0 spiro atoms. The van der Waals surface area contributed by atoms with Gasteiger partial charge in [0, 0.05) is 54.0 Å². The van der Waals surface area contributed by atoms with E-state index in [4.69, 9.17) is 21.1 Å². The topological polar surface area (TPSA) is 337 Å². The number of carbonyl (C=O) groups excluding carboxylic acids is 3. The first-order chi connectivity index (χ1) is 44.1. The number of rotatable bonds is 22. The molecule has 1 saturated carbocycles. The van der Waals surface area contributed by atoms with Gasteiger partial charge in [0.25, 0.3) is 17.9 Å². The van der Waals surface area contributed by atoms with Crippen molar-refractivity contribution >= 4 is 86.7 Å². The van der Waals surface area contributed by atoms with Crippen molar-refractivity contribution < 1.29 is 101 Å². The van der Waals surface area contributed by atoms with Crippen molar-refractivity contribution in [2.24, 2.45) is 13.0 Å². The Bertz CT molecular complexity index is 4770. The Balaban J connectivity index is 1.14. The van der Waals surface area contributed by atoms with Gasteiger partial charge in [0.1, 0.15) is 52.9 Å². The zero-order chi connectivity index (χ0) is 69.7. The SMILES string of the molecule is Cc1cc(CC(=O)N[C@@H](CC(=O)O)C(=O)O)c(C(C)(C)CC(=O)N(c2nn(C)c3c(-n4c([C@H](Cc5cc(F)cc(F)c5)NC(=O)Cn5nc(C(F)F)c6c5C(F)(F)[C@@H]5C[C@H]65)nc5cc(-c6cccc(C(F)(F)F)n6)ccc5c4=O)ccc(Cl)c23)S(C)(=O)=O)c(OP(=O)(O)O)c1. The maximum absolute atomic E-state index is 15.9. The van der Waals surface area contributed by atoms with Gasteiger partial charge in [-0.1, -0.05) is 43.6 Å². The molecule has 3 amide bonds. The molecule has 95 heavy (non-hydrogen) atoms. The number of pyridine rings is 1. The first-order valence-corrected chi connectivity index (χ1v) is 31.8. The normalized spacial score (nSPS) is 15.9. The highest BCUT2D eigenvalue weighted by Gasteiger charge is 2.67. The van der Waals surface area contributed by atoms with Gasteiger partial charge in [0.05, 0.1) is 63.3 Å². The number of sulfonamides is 1. The Morgan fingerprint density at radius 2 is 1.61 bits per heavy atom. The van der Waals surface area contributed by atoms with Crippen molar-refractivity contribution in [2.75, 3.05) is 10.6 Å². The van der Waals surface area contributed by atoms with E-state index >= 15 is 27.2 Å². The molecule has 8 aromatic rings. The summed E-state index contributed by atoms with van der Waals surface area (Å²) in [6, 6.07) is 9.23. The molecule has 4 aromatic heterocycles. The van der Waals surface area contributed by atoms with Crippen LogP contribution in [0.25, 0.3) is 38.8 Å². The first kappa shape index (κ1) is 68.6. The van der Waals surface area contributed by atoms with Crippen LogP contribution < -0.4 is 25.0 Å². The Kier molecular flexibility index (Phi) is 17.9. The number of amides is 3. The van der Waals surface area contributed by atoms with E-state index in [9.17, 15) is 74.1 Å². The van der Waals surface area contributed by atoms with Gasteiger partial charge in [-0.2, -0.15) is 36.5 Å². The molecule has 4 atom stereocenters. The predicted octanol–water partition coefficient (Wildman–Crippen LogP) is 8.76. The zero-order valence-corrected chi connectivity index (χ0v) is 52.2. The number of alkyl halides is 7. The van der Waals surface area contributed by atoms with Crippen LogP contribution >= 0.6 is 19.4 Å². The number of fused-ring (bicyclic) bond motifs is 5. The number of hydrogen-bond acceptors (Lipinski definition) is 14. The minimum atomic E-state index is -5.53. The van der Waals surface area contributed by atoms with E-state index in [0.717, 1.165) is 57.8 Å². The largest absolute Gasteiger partial charge is 0.524 e. The van der Waals surface area contributed by atoms with Gasteiger partial charge in [-0.05, 0) is 90.6 Å². The van der Waals surface area contributed by atoms with Crippen LogP contribution in [0.5, 0.6) is 5.75 Å². The summed E-state index contributed by atoms with van der Waals surface area (Å²) in [5.74, 6) is -17.7. The van der Waals surface area contributed by atoms with Gasteiger partial charge in [-0.3, -0.25) is 47.7 Å². The van der Waals surface area contributed by atoms with Crippen LogP contribution in [-0.2, 0) is 82.5 Å². The molecule has 0 radical (unpaired) electrons. The summed E-state index contributed by atoms with van der Waals surface area (Å²) in [5, 5.41) is 30.4. The van der Waals surface area contributed by atoms with E-state index in [2.05, 4.69) is 20.5 Å². The van der Waals surface area contributed by atoms with Crippen LogP contribution in [-0.4, -0.2) is 104 Å². The summed E-state index contributed by atoms with van der Waals surface area (Å²) in [6.45, 7) is 2.71. The quantitative estimate of drug-likeness (QED) is 0.0273. The number of benzene rings is 4. The number of phosphoric ester groups is 1. The smallest absolute Gasteiger partial charge is 0.481 e. The molecular weight excluding hydrogens is 1340 g/mol. The van der Waals surface area contributed by atoms with E-state index in [1.54, 1.807) is 0 Å². The number of aryl methyl sites for hydroxylation is 2. The fraction of sp³-hybridized carbons (Fsp3) is 0.322. The lowest BCUT2D eigenvalue weighted by molar-refractivity contribution is -0.147. The van der Waals surface area contributed by atoms with Crippen LogP contribution in [0.15, 0.2) is 83.7 Å². The number of carboxylic acids is 2. The average molecular weight is 1390 g/mol. The molecule has 6 N–H and O–H groups in total. The van der Waals surface area contributed by atoms with E-state index in [-0.39, 0.29) is 60.7 Å². The van der Waals surface area contributed by atoms with Crippen molar-refractivity contribution in [3.63, 3.8) is 0 Å². The second-order valence-electron chi connectivity index (χ2n) is 23.4. The Morgan fingerprint density at radius 1 is 0.926 bits per heavy atom. The summed E-state index contributed by atoms with van der Waals surface area (Å²) in [6.07, 6.45) is -11.6. The molecule has 36 heteroatoms. The van der Waals surface area contributed by atoms with Crippen LogP contribution in [0.4, 0.5) is 45.3 Å². The van der Waals surface area contributed by atoms with Crippen LogP contribution in [0, 0.1) is 24.5 Å². The maximum atomic E-state index is 15.9. The molecule has 0 unspecified atom stereocenters. The van der Waals surface area contributed by atoms with Gasteiger partial charge in [0.2, 0.25) is 27.7 Å². The zero-order valence-electron chi connectivity index (χ0n) is 49.7. The number of carbonyl (C=O) groups is 5. The number of carboxylic acid groups (broad SMARTS) is 2. The third kappa shape index (κ3) is 13.8. The van der Waals surface area contributed by atoms with Gasteiger partial charge >= 0.3 is 25.9 Å². The van der Waals surface area contributed by atoms with Gasteiger partial charge in [0.15, 0.2) is 5.82 Å².